The van der Waals surface area contributed by atoms with Gasteiger partial charge in [-0.1, -0.05) is 53.6 Å². The van der Waals surface area contributed by atoms with E-state index in [0.717, 1.165) is 28.2 Å². The molecule has 0 saturated heterocycles. The molecule has 4 heteroatoms. The van der Waals surface area contributed by atoms with Gasteiger partial charge in [0.25, 0.3) is 11.8 Å². The van der Waals surface area contributed by atoms with Crippen LogP contribution in [-0.2, 0) is 4.79 Å². The summed E-state index contributed by atoms with van der Waals surface area (Å²) < 4.78 is 2.19. The van der Waals surface area contributed by atoms with E-state index in [2.05, 4.69) is 55.7 Å². The van der Waals surface area contributed by atoms with Crippen LogP contribution in [0, 0.1) is 27.7 Å². The van der Waals surface area contributed by atoms with Crippen LogP contribution in [0.2, 0.25) is 0 Å². The molecule has 1 aliphatic heterocycles. The van der Waals surface area contributed by atoms with Gasteiger partial charge >= 0.3 is 0 Å². The van der Waals surface area contributed by atoms with Crippen molar-refractivity contribution in [3.8, 4) is 5.69 Å². The fourth-order valence-corrected chi connectivity index (χ4v) is 4.60. The van der Waals surface area contributed by atoms with Gasteiger partial charge in [0, 0.05) is 28.2 Å². The fourth-order valence-electron chi connectivity index (χ4n) is 4.60. The van der Waals surface area contributed by atoms with E-state index in [4.69, 9.17) is 0 Å². The molecule has 0 saturated carbocycles. The molecule has 5 rings (SSSR count). The van der Waals surface area contributed by atoms with Crippen LogP contribution in [0.3, 0.4) is 0 Å². The molecule has 0 spiro atoms. The van der Waals surface area contributed by atoms with Gasteiger partial charge in [-0.3, -0.25) is 9.59 Å². The Bertz CT molecular complexity index is 1450. The van der Waals surface area contributed by atoms with Crippen LogP contribution in [0.5, 0.6) is 0 Å². The van der Waals surface area contributed by atoms with E-state index in [-0.39, 0.29) is 11.8 Å². The number of benzene rings is 3. The number of carbonyl (C=O) groups is 2. The lowest BCUT2D eigenvalue weighted by Gasteiger charge is -2.28. The van der Waals surface area contributed by atoms with Crippen LogP contribution < -0.4 is 4.90 Å². The number of anilines is 1. The molecule has 0 aliphatic carbocycles. The second-order valence-electron chi connectivity index (χ2n) is 8.88. The van der Waals surface area contributed by atoms with Gasteiger partial charge in [-0.25, -0.2) is 4.90 Å². The smallest absolute Gasteiger partial charge is 0.265 e. The van der Waals surface area contributed by atoms with Crippen molar-refractivity contribution < 1.29 is 9.59 Å². The van der Waals surface area contributed by atoms with Crippen LogP contribution in [0.25, 0.3) is 17.3 Å². The molecular formula is C30H26N2O2. The van der Waals surface area contributed by atoms with E-state index >= 15 is 0 Å². The Kier molecular flexibility index (Phi) is 5.29. The SMILES string of the molecule is Cc1ccc(N2C(=O)C(=Cc3cc(C)n(-c4ccc(C)cc4)c3C)c3ccccc3C2=O)cc1. The maximum atomic E-state index is 13.7. The molecule has 0 N–H and O–H groups in total. The summed E-state index contributed by atoms with van der Waals surface area (Å²) in [4.78, 5) is 28.3. The lowest BCUT2D eigenvalue weighted by molar-refractivity contribution is -0.112. The summed E-state index contributed by atoms with van der Waals surface area (Å²) in [5, 5.41) is 0. The molecule has 34 heavy (non-hydrogen) atoms. The number of hydrogen-bond acceptors (Lipinski definition) is 2. The maximum absolute atomic E-state index is 13.7. The van der Waals surface area contributed by atoms with Crippen molar-refractivity contribution in [1.82, 2.24) is 4.57 Å². The molecule has 2 amide bonds. The Labute approximate surface area is 199 Å². The Morgan fingerprint density at radius 3 is 1.82 bits per heavy atom. The van der Waals surface area contributed by atoms with Gasteiger partial charge in [-0.15, -0.1) is 0 Å². The number of carbonyl (C=O) groups excluding carboxylic acids is 2. The Hall–Kier alpha value is -4.18. The second-order valence-corrected chi connectivity index (χ2v) is 8.88. The van der Waals surface area contributed by atoms with Crippen LogP contribution in [0.4, 0.5) is 5.69 Å². The lowest BCUT2D eigenvalue weighted by atomic mass is 9.91. The largest absolute Gasteiger partial charge is 0.318 e. The topological polar surface area (TPSA) is 42.3 Å². The van der Waals surface area contributed by atoms with Gasteiger partial charge in [0.15, 0.2) is 0 Å². The minimum absolute atomic E-state index is 0.299. The first-order valence-electron chi connectivity index (χ1n) is 11.4. The number of fused-ring (bicyclic) bond motifs is 1. The molecule has 0 radical (unpaired) electrons. The minimum Gasteiger partial charge on any atom is -0.318 e. The summed E-state index contributed by atoms with van der Waals surface area (Å²) in [6.07, 6.45) is 1.92. The number of imide groups is 1. The highest BCUT2D eigenvalue weighted by Crippen LogP contribution is 2.34. The number of amides is 2. The summed E-state index contributed by atoms with van der Waals surface area (Å²) in [5.74, 6) is -0.612. The summed E-state index contributed by atoms with van der Waals surface area (Å²) in [5.41, 5.74) is 8.72. The Morgan fingerprint density at radius 2 is 1.21 bits per heavy atom. The highest BCUT2D eigenvalue weighted by molar-refractivity contribution is 6.43. The molecular weight excluding hydrogens is 420 g/mol. The molecule has 168 valence electrons. The predicted molar refractivity (Wildman–Crippen MR) is 137 cm³/mol. The summed E-state index contributed by atoms with van der Waals surface area (Å²) >= 11 is 0. The van der Waals surface area contributed by atoms with Crippen molar-refractivity contribution in [2.45, 2.75) is 27.7 Å². The third-order valence-corrected chi connectivity index (χ3v) is 6.44. The maximum Gasteiger partial charge on any atom is 0.265 e. The number of aryl methyl sites for hydroxylation is 3. The summed E-state index contributed by atoms with van der Waals surface area (Å²) in [6, 6.07) is 25.3. The summed E-state index contributed by atoms with van der Waals surface area (Å²) in [7, 11) is 0. The monoisotopic (exact) mass is 446 g/mol. The summed E-state index contributed by atoms with van der Waals surface area (Å²) in [6.45, 7) is 8.17. The van der Waals surface area contributed by atoms with Gasteiger partial charge in [0.05, 0.1) is 5.69 Å². The average Bonchev–Trinajstić information content (AvgIpc) is 3.11. The van der Waals surface area contributed by atoms with Crippen LogP contribution in [0.1, 0.15) is 44.0 Å². The van der Waals surface area contributed by atoms with Crippen molar-refractivity contribution in [2.24, 2.45) is 0 Å². The highest BCUT2D eigenvalue weighted by atomic mass is 16.2. The molecule has 0 bridgehead atoms. The molecule has 1 aromatic heterocycles. The standard InChI is InChI=1S/C30H26N2O2/c1-19-9-13-24(14-10-19)31-21(3)17-23(22(31)4)18-28-26-7-5-6-8-27(26)29(33)32(30(28)34)25-15-11-20(2)12-16-25/h5-18H,1-4H3. The zero-order valence-corrected chi connectivity index (χ0v) is 19.8. The van der Waals surface area contributed by atoms with Crippen molar-refractivity contribution in [3.63, 3.8) is 0 Å². The second kappa shape index (κ2) is 8.31. The van der Waals surface area contributed by atoms with Gasteiger partial charge < -0.3 is 4.57 Å². The zero-order valence-electron chi connectivity index (χ0n) is 19.8. The molecule has 0 atom stereocenters. The number of hydrogen-bond donors (Lipinski definition) is 0. The van der Waals surface area contributed by atoms with E-state index in [1.165, 1.54) is 10.5 Å². The molecule has 3 aromatic carbocycles. The fraction of sp³-hybridized carbons (Fsp3) is 0.133. The van der Waals surface area contributed by atoms with Crippen LogP contribution >= 0.6 is 0 Å². The van der Waals surface area contributed by atoms with Crippen LogP contribution in [0.15, 0.2) is 78.9 Å². The van der Waals surface area contributed by atoms with E-state index in [9.17, 15) is 9.59 Å². The van der Waals surface area contributed by atoms with Gasteiger partial charge in [-0.2, -0.15) is 0 Å². The van der Waals surface area contributed by atoms with E-state index in [1.807, 2.05) is 55.5 Å². The first-order valence-corrected chi connectivity index (χ1v) is 11.4. The Morgan fingerprint density at radius 1 is 0.647 bits per heavy atom. The first kappa shape index (κ1) is 21.7. The molecule has 1 aliphatic rings. The average molecular weight is 447 g/mol. The molecule has 0 fully saturated rings. The van der Waals surface area contributed by atoms with Crippen molar-refractivity contribution in [2.75, 3.05) is 4.90 Å². The molecule has 4 nitrogen and oxygen atoms in total. The van der Waals surface area contributed by atoms with Gasteiger partial charge in [-0.05, 0) is 81.3 Å². The van der Waals surface area contributed by atoms with Crippen molar-refractivity contribution in [3.05, 3.63) is 118 Å². The third kappa shape index (κ3) is 3.57. The van der Waals surface area contributed by atoms with E-state index in [1.54, 1.807) is 6.07 Å². The zero-order chi connectivity index (χ0) is 24.0. The van der Waals surface area contributed by atoms with Crippen molar-refractivity contribution >= 4 is 29.2 Å². The number of nitrogens with zero attached hydrogens (tertiary/aromatic N) is 2. The van der Waals surface area contributed by atoms with Crippen LogP contribution in [-0.4, -0.2) is 16.4 Å². The number of rotatable bonds is 3. The molecule has 0 unspecified atom stereocenters. The minimum atomic E-state index is -0.312. The van der Waals surface area contributed by atoms with Gasteiger partial charge in [0.1, 0.15) is 0 Å². The third-order valence-electron chi connectivity index (χ3n) is 6.44. The van der Waals surface area contributed by atoms with Gasteiger partial charge in [0.2, 0.25) is 0 Å². The highest BCUT2D eigenvalue weighted by Gasteiger charge is 2.35. The van der Waals surface area contributed by atoms with E-state index < -0.39 is 0 Å². The predicted octanol–water partition coefficient (Wildman–Crippen LogP) is 6.44. The quantitative estimate of drug-likeness (QED) is 0.268. The molecule has 4 aromatic rings. The Balaban J connectivity index is 1.66. The number of aromatic nitrogens is 1. The lowest BCUT2D eigenvalue weighted by Crippen LogP contribution is -2.41. The normalized spacial score (nSPS) is 14.6. The molecule has 2 heterocycles. The van der Waals surface area contributed by atoms with E-state index in [0.29, 0.717) is 22.4 Å². The van der Waals surface area contributed by atoms with Crippen molar-refractivity contribution in [1.29, 1.82) is 0 Å². The first-order chi connectivity index (χ1) is 16.3.